The summed E-state index contributed by atoms with van der Waals surface area (Å²) in [5.74, 6) is 0.389. The molecular formula is C10H9BrN4S. The van der Waals surface area contributed by atoms with E-state index >= 15 is 0 Å². The maximum atomic E-state index is 8.92. The van der Waals surface area contributed by atoms with Crippen LogP contribution >= 0.6 is 27.3 Å². The molecule has 0 aliphatic heterocycles. The van der Waals surface area contributed by atoms with E-state index in [1.54, 1.807) is 28.3 Å². The Morgan fingerprint density at radius 2 is 2.44 bits per heavy atom. The van der Waals surface area contributed by atoms with Gasteiger partial charge in [0.15, 0.2) is 0 Å². The third kappa shape index (κ3) is 2.02. The molecule has 6 heteroatoms. The lowest BCUT2D eigenvalue weighted by Crippen LogP contribution is -2.20. The van der Waals surface area contributed by atoms with E-state index in [2.05, 4.69) is 27.0 Å². The molecule has 2 heterocycles. The number of hydrogen-bond donors (Lipinski definition) is 1. The second-order valence-electron chi connectivity index (χ2n) is 3.16. The number of rotatable bonds is 3. The number of halogens is 1. The second-order valence-corrected chi connectivity index (χ2v) is 5.66. The minimum atomic E-state index is -0.0200. The zero-order valence-corrected chi connectivity index (χ0v) is 10.7. The lowest BCUT2D eigenvalue weighted by atomic mass is 10.2. The van der Waals surface area contributed by atoms with Gasteiger partial charge in [0.2, 0.25) is 5.82 Å². The molecule has 16 heavy (non-hydrogen) atoms. The zero-order valence-electron chi connectivity index (χ0n) is 8.30. The van der Waals surface area contributed by atoms with Gasteiger partial charge in [-0.2, -0.15) is 5.26 Å². The number of imidazole rings is 1. The van der Waals surface area contributed by atoms with E-state index in [0.717, 1.165) is 8.66 Å². The quantitative estimate of drug-likeness (QED) is 0.943. The lowest BCUT2D eigenvalue weighted by Gasteiger charge is -2.15. The van der Waals surface area contributed by atoms with Gasteiger partial charge in [0.05, 0.1) is 9.83 Å². The van der Waals surface area contributed by atoms with E-state index in [-0.39, 0.29) is 6.04 Å². The number of hydrogen-bond acceptors (Lipinski definition) is 4. The maximum Gasteiger partial charge on any atom is 0.213 e. The van der Waals surface area contributed by atoms with Crippen LogP contribution in [0.3, 0.4) is 0 Å². The monoisotopic (exact) mass is 296 g/mol. The average molecular weight is 297 g/mol. The summed E-state index contributed by atoms with van der Waals surface area (Å²) >= 11 is 5.03. The molecule has 0 amide bonds. The molecule has 1 atom stereocenters. The molecule has 0 saturated carbocycles. The summed E-state index contributed by atoms with van der Waals surface area (Å²) in [6.45, 7) is 0.442. The van der Waals surface area contributed by atoms with Crippen LogP contribution < -0.4 is 5.73 Å². The minimum absolute atomic E-state index is 0.0200. The van der Waals surface area contributed by atoms with Gasteiger partial charge >= 0.3 is 0 Å². The van der Waals surface area contributed by atoms with Crippen LogP contribution in [-0.4, -0.2) is 16.1 Å². The van der Waals surface area contributed by atoms with Crippen LogP contribution in [0.15, 0.2) is 28.3 Å². The molecule has 0 aliphatic carbocycles. The topological polar surface area (TPSA) is 67.6 Å². The fourth-order valence-electron chi connectivity index (χ4n) is 1.53. The molecular weight excluding hydrogens is 288 g/mol. The van der Waals surface area contributed by atoms with E-state index in [0.29, 0.717) is 12.4 Å². The van der Waals surface area contributed by atoms with Crippen molar-refractivity contribution in [1.29, 1.82) is 5.26 Å². The molecule has 4 nitrogen and oxygen atoms in total. The molecule has 0 bridgehead atoms. The van der Waals surface area contributed by atoms with Gasteiger partial charge in [-0.1, -0.05) is 0 Å². The molecule has 1 unspecified atom stereocenters. The number of aromatic nitrogens is 2. The molecule has 0 fully saturated rings. The first kappa shape index (κ1) is 11.3. The summed E-state index contributed by atoms with van der Waals surface area (Å²) in [6.07, 6.45) is 3.40. The van der Waals surface area contributed by atoms with Crippen molar-refractivity contribution in [2.75, 3.05) is 6.54 Å². The van der Waals surface area contributed by atoms with E-state index in [1.807, 2.05) is 12.1 Å². The molecule has 82 valence electrons. The first-order valence-electron chi connectivity index (χ1n) is 4.64. The number of nitrogens with zero attached hydrogens (tertiary/aromatic N) is 3. The second kappa shape index (κ2) is 4.78. The van der Waals surface area contributed by atoms with Crippen molar-refractivity contribution < 1.29 is 0 Å². The van der Waals surface area contributed by atoms with E-state index in [1.165, 1.54) is 0 Å². The highest BCUT2D eigenvalue weighted by atomic mass is 79.9. The maximum absolute atomic E-state index is 8.92. The third-order valence-electron chi connectivity index (χ3n) is 2.25. The Morgan fingerprint density at radius 1 is 1.62 bits per heavy atom. The molecule has 0 saturated heterocycles. The minimum Gasteiger partial charge on any atom is -0.328 e. The van der Waals surface area contributed by atoms with Crippen molar-refractivity contribution in [1.82, 2.24) is 9.55 Å². The zero-order chi connectivity index (χ0) is 11.5. The Kier molecular flexibility index (Phi) is 3.39. The molecule has 2 aromatic rings. The predicted molar refractivity (Wildman–Crippen MR) is 66.2 cm³/mol. The van der Waals surface area contributed by atoms with Crippen molar-refractivity contribution in [3.8, 4) is 6.07 Å². The smallest absolute Gasteiger partial charge is 0.213 e. The molecule has 0 aromatic carbocycles. The Hall–Kier alpha value is -1.16. The van der Waals surface area contributed by atoms with Gasteiger partial charge in [0.1, 0.15) is 6.07 Å². The van der Waals surface area contributed by atoms with Crippen LogP contribution in [-0.2, 0) is 0 Å². The van der Waals surface area contributed by atoms with Crippen LogP contribution in [0.5, 0.6) is 0 Å². The van der Waals surface area contributed by atoms with Gasteiger partial charge in [0, 0.05) is 23.8 Å². The average Bonchev–Trinajstić information content (AvgIpc) is 2.89. The van der Waals surface area contributed by atoms with Gasteiger partial charge in [-0.05, 0) is 28.1 Å². The summed E-state index contributed by atoms with van der Waals surface area (Å²) in [5, 5.41) is 8.92. The van der Waals surface area contributed by atoms with Crippen molar-refractivity contribution in [3.05, 3.63) is 39.0 Å². The highest BCUT2D eigenvalue weighted by molar-refractivity contribution is 9.11. The molecule has 0 aliphatic rings. The third-order valence-corrected chi connectivity index (χ3v) is 3.98. The summed E-state index contributed by atoms with van der Waals surface area (Å²) in [6, 6.07) is 6.02. The van der Waals surface area contributed by atoms with Crippen LogP contribution in [0.4, 0.5) is 0 Å². The lowest BCUT2D eigenvalue weighted by molar-refractivity contribution is 0.597. The molecule has 2 N–H and O–H groups in total. The van der Waals surface area contributed by atoms with Gasteiger partial charge in [-0.3, -0.25) is 0 Å². The van der Waals surface area contributed by atoms with Crippen LogP contribution in [0.2, 0.25) is 0 Å². The van der Waals surface area contributed by atoms with Crippen molar-refractivity contribution >= 4 is 27.3 Å². The standard InChI is InChI=1S/C10H9BrN4S/c11-9-2-1-8(16-9)7(5-12)15-4-3-14-10(15)6-13/h1-4,7H,5,12H2. The number of nitriles is 1. The summed E-state index contributed by atoms with van der Waals surface area (Å²) < 4.78 is 2.86. The van der Waals surface area contributed by atoms with Crippen molar-refractivity contribution in [2.45, 2.75) is 6.04 Å². The summed E-state index contributed by atoms with van der Waals surface area (Å²) in [5.41, 5.74) is 5.76. The largest absolute Gasteiger partial charge is 0.328 e. The molecule has 0 spiro atoms. The highest BCUT2D eigenvalue weighted by Gasteiger charge is 2.16. The number of nitrogens with two attached hydrogens (primary N) is 1. The Morgan fingerprint density at radius 3 is 3.00 bits per heavy atom. The highest BCUT2D eigenvalue weighted by Crippen LogP contribution is 2.29. The van der Waals surface area contributed by atoms with Gasteiger partial charge in [-0.25, -0.2) is 4.98 Å². The Labute approximate surface area is 105 Å². The fourth-order valence-corrected chi connectivity index (χ4v) is 3.06. The Balaban J connectivity index is 2.41. The van der Waals surface area contributed by atoms with Crippen LogP contribution in [0.1, 0.15) is 16.7 Å². The first-order chi connectivity index (χ1) is 7.76. The van der Waals surface area contributed by atoms with Crippen LogP contribution in [0, 0.1) is 11.3 Å². The predicted octanol–water partition coefficient (Wildman–Crippen LogP) is 2.13. The van der Waals surface area contributed by atoms with Crippen molar-refractivity contribution in [2.24, 2.45) is 5.73 Å². The first-order valence-corrected chi connectivity index (χ1v) is 6.25. The van der Waals surface area contributed by atoms with Crippen molar-refractivity contribution in [3.63, 3.8) is 0 Å². The summed E-state index contributed by atoms with van der Waals surface area (Å²) in [7, 11) is 0. The molecule has 2 aromatic heterocycles. The Bertz CT molecular complexity index is 525. The summed E-state index contributed by atoms with van der Waals surface area (Å²) in [4.78, 5) is 5.09. The van der Waals surface area contributed by atoms with Gasteiger partial charge < -0.3 is 10.3 Å². The van der Waals surface area contributed by atoms with E-state index in [4.69, 9.17) is 11.0 Å². The number of thiophene rings is 1. The fraction of sp³-hybridized carbons (Fsp3) is 0.200. The normalized spacial score (nSPS) is 12.3. The van der Waals surface area contributed by atoms with Gasteiger partial charge in [-0.15, -0.1) is 11.3 Å². The molecule has 2 rings (SSSR count). The molecule has 0 radical (unpaired) electrons. The van der Waals surface area contributed by atoms with E-state index in [9.17, 15) is 0 Å². The SMILES string of the molecule is N#Cc1nccn1C(CN)c1ccc(Br)s1. The van der Waals surface area contributed by atoms with Crippen LogP contribution in [0.25, 0.3) is 0 Å². The van der Waals surface area contributed by atoms with Gasteiger partial charge in [0.25, 0.3) is 0 Å². The van der Waals surface area contributed by atoms with E-state index < -0.39 is 0 Å².